The Morgan fingerprint density at radius 2 is 1.84 bits per heavy atom. The molecule has 0 aromatic heterocycles. The van der Waals surface area contributed by atoms with Crippen LogP contribution in [0.2, 0.25) is 5.02 Å². The highest BCUT2D eigenvalue weighted by Crippen LogP contribution is 2.36. The minimum atomic E-state index is -1.57. The molecule has 1 heterocycles. The summed E-state index contributed by atoms with van der Waals surface area (Å²) in [4.78, 5) is 28.9. The van der Waals surface area contributed by atoms with Crippen LogP contribution in [-0.2, 0) is 17.3 Å². The highest BCUT2D eigenvalue weighted by molar-refractivity contribution is 7.85. The predicted octanol–water partition coefficient (Wildman–Crippen LogP) is 5.20. The Bertz CT molecular complexity index is 1230. The number of carbonyl (C=O) groups is 2. The van der Waals surface area contributed by atoms with E-state index >= 15 is 0 Å². The summed E-state index contributed by atoms with van der Waals surface area (Å²) < 4.78 is 13.4. The van der Waals surface area contributed by atoms with Gasteiger partial charge in [0.05, 0.1) is 38.4 Å². The van der Waals surface area contributed by atoms with E-state index in [0.29, 0.717) is 31.6 Å². The molecule has 1 aliphatic rings. The molecule has 2 atom stereocenters. The third kappa shape index (κ3) is 4.33. The topological polar surface area (TPSA) is 66.5 Å². The van der Waals surface area contributed by atoms with Gasteiger partial charge in [-0.15, -0.1) is 0 Å². The van der Waals surface area contributed by atoms with Crippen molar-refractivity contribution in [2.24, 2.45) is 0 Å². The van der Waals surface area contributed by atoms with Crippen LogP contribution in [0.5, 0.6) is 0 Å². The highest BCUT2D eigenvalue weighted by Gasteiger charge is 2.31. The second-order valence-electron chi connectivity index (χ2n) is 7.75. The Kier molecular flexibility index (Phi) is 6.44. The normalized spacial score (nSPS) is 16.0. The van der Waals surface area contributed by atoms with Gasteiger partial charge >= 0.3 is 0 Å². The molecule has 1 N–H and O–H groups in total. The van der Waals surface area contributed by atoms with Crippen molar-refractivity contribution >= 4 is 39.9 Å². The lowest BCUT2D eigenvalue weighted by Gasteiger charge is -2.24. The van der Waals surface area contributed by atoms with Crippen LogP contribution in [0.4, 0.5) is 5.69 Å². The van der Waals surface area contributed by atoms with Crippen molar-refractivity contribution in [1.82, 2.24) is 5.32 Å². The van der Waals surface area contributed by atoms with Crippen molar-refractivity contribution in [3.05, 3.63) is 88.4 Å². The molecule has 0 fully saturated rings. The Hall–Kier alpha value is -2.96. The van der Waals surface area contributed by atoms with Crippen LogP contribution in [0.25, 0.3) is 0 Å². The van der Waals surface area contributed by atoms with Gasteiger partial charge in [-0.25, -0.2) is 4.21 Å². The van der Waals surface area contributed by atoms with E-state index in [1.54, 1.807) is 59.5 Å². The lowest BCUT2D eigenvalue weighted by Crippen LogP contribution is -2.33. The molecule has 1 aliphatic heterocycles. The van der Waals surface area contributed by atoms with Crippen LogP contribution in [0, 0.1) is 0 Å². The number of anilines is 1. The van der Waals surface area contributed by atoms with Crippen LogP contribution in [0.1, 0.15) is 46.5 Å². The fourth-order valence-electron chi connectivity index (χ4n) is 3.59. The average molecular weight is 467 g/mol. The average Bonchev–Trinajstić information content (AvgIpc) is 2.88. The van der Waals surface area contributed by atoms with Gasteiger partial charge in [0, 0.05) is 16.6 Å². The van der Waals surface area contributed by atoms with Gasteiger partial charge in [-0.2, -0.15) is 0 Å². The fourth-order valence-corrected chi connectivity index (χ4v) is 5.15. The molecule has 5 nitrogen and oxygen atoms in total. The Morgan fingerprint density at radius 1 is 1.06 bits per heavy atom. The maximum absolute atomic E-state index is 13.6. The van der Waals surface area contributed by atoms with Crippen LogP contribution in [-0.4, -0.2) is 22.1 Å². The molecule has 0 aliphatic carbocycles. The second-order valence-corrected chi connectivity index (χ2v) is 9.60. The quantitative estimate of drug-likeness (QED) is 0.562. The maximum Gasteiger partial charge on any atom is 0.259 e. The molecule has 32 heavy (non-hydrogen) atoms. The lowest BCUT2D eigenvalue weighted by molar-refractivity contribution is 0.0936. The minimum absolute atomic E-state index is 0.0175. The molecule has 0 saturated carbocycles. The van der Waals surface area contributed by atoms with Crippen molar-refractivity contribution < 1.29 is 13.8 Å². The third-order valence-corrected chi connectivity index (χ3v) is 7.23. The summed E-state index contributed by atoms with van der Waals surface area (Å²) in [6.07, 6.45) is 0.801. The van der Waals surface area contributed by atoms with Gasteiger partial charge in [-0.05, 0) is 61.4 Å². The zero-order valence-corrected chi connectivity index (χ0v) is 19.4. The largest absolute Gasteiger partial charge is 0.350 e. The number of nitrogens with one attached hydrogen (secondary N) is 1. The van der Waals surface area contributed by atoms with Crippen molar-refractivity contribution in [1.29, 1.82) is 0 Å². The Morgan fingerprint density at radius 3 is 2.59 bits per heavy atom. The summed E-state index contributed by atoms with van der Waals surface area (Å²) in [6.45, 7) is 4.16. The van der Waals surface area contributed by atoms with Crippen molar-refractivity contribution in [2.45, 2.75) is 42.6 Å². The van der Waals surface area contributed by atoms with Gasteiger partial charge in [0.1, 0.15) is 0 Å². The zero-order valence-electron chi connectivity index (χ0n) is 17.8. The first-order chi connectivity index (χ1) is 15.4. The van der Waals surface area contributed by atoms with Gasteiger partial charge in [-0.1, -0.05) is 42.8 Å². The molecule has 0 spiro atoms. The number of rotatable bonds is 5. The summed E-state index contributed by atoms with van der Waals surface area (Å²) in [6, 6.07) is 19.2. The number of carbonyl (C=O) groups excluding carboxylic acids is 2. The van der Waals surface area contributed by atoms with Crippen molar-refractivity contribution in [2.75, 3.05) is 4.90 Å². The molecule has 4 rings (SSSR count). The van der Waals surface area contributed by atoms with Crippen molar-refractivity contribution in [3.8, 4) is 0 Å². The van der Waals surface area contributed by atoms with Crippen molar-refractivity contribution in [3.63, 3.8) is 0 Å². The van der Waals surface area contributed by atoms with E-state index in [-0.39, 0.29) is 24.4 Å². The fraction of sp³-hybridized carbons (Fsp3) is 0.200. The Balaban J connectivity index is 1.85. The number of hydrogen-bond acceptors (Lipinski definition) is 3. The van der Waals surface area contributed by atoms with E-state index in [1.807, 2.05) is 26.0 Å². The first-order valence-electron chi connectivity index (χ1n) is 10.4. The number of fused-ring (bicyclic) bond motifs is 2. The second kappa shape index (κ2) is 9.27. The van der Waals surface area contributed by atoms with Gasteiger partial charge in [0.25, 0.3) is 11.8 Å². The monoisotopic (exact) mass is 466 g/mol. The number of benzene rings is 3. The molecular weight excluding hydrogens is 444 g/mol. The van der Waals surface area contributed by atoms with Crippen LogP contribution < -0.4 is 10.2 Å². The van der Waals surface area contributed by atoms with E-state index in [2.05, 4.69) is 5.32 Å². The minimum Gasteiger partial charge on any atom is -0.350 e. The molecular formula is C25H23ClN2O3S. The number of amides is 2. The SMILES string of the molecule is CC[C@H](C)NC(=O)c1ccc2c(c1)N(Cc1cccc(Cl)c1)C(=O)c1ccccc1[S@@]2=O. The number of nitrogens with zero attached hydrogens (tertiary/aromatic N) is 1. The summed E-state index contributed by atoms with van der Waals surface area (Å²) in [5.74, 6) is -0.503. The van der Waals surface area contributed by atoms with Crippen LogP contribution >= 0.6 is 11.6 Å². The van der Waals surface area contributed by atoms with E-state index in [1.165, 1.54) is 0 Å². The number of halogens is 1. The summed E-state index contributed by atoms with van der Waals surface area (Å²) >= 11 is 6.16. The molecule has 0 saturated heterocycles. The van der Waals surface area contributed by atoms with E-state index in [0.717, 1.165) is 12.0 Å². The molecule has 0 radical (unpaired) electrons. The molecule has 164 valence electrons. The summed E-state index contributed by atoms with van der Waals surface area (Å²) in [5, 5.41) is 3.51. The molecule has 3 aromatic rings. The molecule has 2 amide bonds. The first-order valence-corrected chi connectivity index (χ1v) is 11.9. The van der Waals surface area contributed by atoms with Gasteiger partial charge in [-0.3, -0.25) is 9.59 Å². The smallest absolute Gasteiger partial charge is 0.259 e. The van der Waals surface area contributed by atoms with Gasteiger partial charge in [0.2, 0.25) is 0 Å². The standard InChI is InChI=1S/C25H23ClN2O3S/c1-3-16(2)27-24(29)18-11-12-23-21(14-18)28(15-17-7-6-8-19(26)13-17)25(30)20-9-4-5-10-22(20)32(23)31/h4-14,16H,3,15H2,1-2H3,(H,27,29)/t16-,32-/m0/s1. The van der Waals surface area contributed by atoms with E-state index in [9.17, 15) is 13.8 Å². The molecule has 0 unspecified atom stereocenters. The molecule has 3 aromatic carbocycles. The summed E-state index contributed by atoms with van der Waals surface area (Å²) in [5.41, 5.74) is 2.09. The molecule has 0 bridgehead atoms. The van der Waals surface area contributed by atoms with Crippen LogP contribution in [0.3, 0.4) is 0 Å². The highest BCUT2D eigenvalue weighted by atomic mass is 35.5. The van der Waals surface area contributed by atoms with Gasteiger partial charge < -0.3 is 10.2 Å². The first kappa shape index (κ1) is 22.2. The third-order valence-electron chi connectivity index (χ3n) is 5.49. The van der Waals surface area contributed by atoms with Crippen LogP contribution in [0.15, 0.2) is 76.5 Å². The number of hydrogen-bond donors (Lipinski definition) is 1. The van der Waals surface area contributed by atoms with E-state index in [4.69, 9.17) is 11.6 Å². The Labute approximate surface area is 194 Å². The molecule has 7 heteroatoms. The van der Waals surface area contributed by atoms with E-state index < -0.39 is 10.8 Å². The van der Waals surface area contributed by atoms with Gasteiger partial charge in [0.15, 0.2) is 0 Å². The maximum atomic E-state index is 13.6. The predicted molar refractivity (Wildman–Crippen MR) is 127 cm³/mol. The summed E-state index contributed by atoms with van der Waals surface area (Å²) in [7, 11) is -1.57. The lowest BCUT2D eigenvalue weighted by atomic mass is 10.1. The zero-order chi connectivity index (χ0) is 22.8.